The lowest BCUT2D eigenvalue weighted by Gasteiger charge is -2.27. The van der Waals surface area contributed by atoms with Crippen LogP contribution < -0.4 is 4.90 Å². The van der Waals surface area contributed by atoms with Gasteiger partial charge in [-0.1, -0.05) is 104 Å². The van der Waals surface area contributed by atoms with E-state index in [4.69, 9.17) is 0 Å². The molecule has 0 unspecified atom stereocenters. The molecule has 0 spiro atoms. The number of hydrogen-bond acceptors (Lipinski definition) is 1. The Bertz CT molecular complexity index is 1220. The van der Waals surface area contributed by atoms with Gasteiger partial charge in [-0.3, -0.25) is 0 Å². The van der Waals surface area contributed by atoms with Crippen molar-refractivity contribution in [3.05, 3.63) is 157 Å². The Labute approximate surface area is 205 Å². The predicted octanol–water partition coefficient (Wildman–Crippen LogP) is 9.37. The molecule has 1 heteroatoms. The summed E-state index contributed by atoms with van der Waals surface area (Å²) in [4.78, 5) is 2.21. The molecule has 170 valence electrons. The van der Waals surface area contributed by atoms with Crippen molar-refractivity contribution in [2.24, 2.45) is 0 Å². The summed E-state index contributed by atoms with van der Waals surface area (Å²) in [5.74, 6) is 0. The highest BCUT2D eigenvalue weighted by molar-refractivity contribution is 5.71. The number of nitrogens with zero attached hydrogens (tertiary/aromatic N) is 1. The van der Waals surface area contributed by atoms with E-state index in [9.17, 15) is 0 Å². The molecule has 0 saturated heterocycles. The minimum absolute atomic E-state index is 0.980. The highest BCUT2D eigenvalue weighted by Crippen LogP contribution is 2.30. The van der Waals surface area contributed by atoms with Gasteiger partial charge in [-0.25, -0.2) is 0 Å². The van der Waals surface area contributed by atoms with Crippen molar-refractivity contribution < 1.29 is 0 Å². The minimum Gasteiger partial charge on any atom is -0.311 e. The molecule has 0 saturated carbocycles. The van der Waals surface area contributed by atoms with Crippen LogP contribution >= 0.6 is 0 Å². The third-order valence-electron chi connectivity index (χ3n) is 5.42. The quantitative estimate of drug-likeness (QED) is 0.298. The molecule has 0 fully saturated rings. The highest BCUT2D eigenvalue weighted by Gasteiger charge is 2.14. The average Bonchev–Trinajstić information content (AvgIpc) is 2.87. The van der Waals surface area contributed by atoms with Gasteiger partial charge in [0.1, 0.15) is 0 Å². The van der Waals surface area contributed by atoms with E-state index in [0.29, 0.717) is 0 Å². The van der Waals surface area contributed by atoms with Crippen LogP contribution in [0.5, 0.6) is 0 Å². The highest BCUT2D eigenvalue weighted by atomic mass is 15.1. The van der Waals surface area contributed by atoms with Gasteiger partial charge in [-0.05, 0) is 79.5 Å². The van der Waals surface area contributed by atoms with Crippen molar-refractivity contribution in [1.29, 1.82) is 0 Å². The van der Waals surface area contributed by atoms with Gasteiger partial charge in [-0.15, -0.1) is 0 Å². The Morgan fingerprint density at radius 2 is 1.32 bits per heavy atom. The summed E-state index contributed by atoms with van der Waals surface area (Å²) in [7, 11) is 0. The molecule has 0 N–H and O–H groups in total. The van der Waals surface area contributed by atoms with Crippen LogP contribution in [0.3, 0.4) is 0 Å². The monoisotopic (exact) mass is 443 g/mol. The lowest BCUT2D eigenvalue weighted by molar-refractivity contribution is 1.14. The summed E-state index contributed by atoms with van der Waals surface area (Å²) in [6, 6.07) is 29.5. The van der Waals surface area contributed by atoms with Crippen LogP contribution in [0, 0.1) is 0 Å². The fourth-order valence-electron chi connectivity index (χ4n) is 3.73. The number of anilines is 1. The zero-order valence-electron chi connectivity index (χ0n) is 20.4. The standard InChI is InChI=1S/C33H33N/c1-6-14-33(25-26(3)4)34(31(7-2)22-19-27(5)28-15-10-8-11-16-28)32-23-20-30(21-24-32)29-17-12-9-13-18-29/h6-25H,2-3H2,1,4-5H3. The topological polar surface area (TPSA) is 3.24 Å². The summed E-state index contributed by atoms with van der Waals surface area (Å²) in [6.45, 7) is 14.4. The summed E-state index contributed by atoms with van der Waals surface area (Å²) in [5.41, 5.74) is 8.83. The number of benzene rings is 3. The first-order chi connectivity index (χ1) is 16.5. The molecule has 0 aliphatic carbocycles. The van der Waals surface area contributed by atoms with Gasteiger partial charge < -0.3 is 4.90 Å². The fraction of sp³-hybridized carbons (Fsp3) is 0.0909. The second-order valence-electron chi connectivity index (χ2n) is 8.18. The van der Waals surface area contributed by atoms with Crippen LogP contribution in [-0.4, -0.2) is 0 Å². The Balaban J connectivity index is 2.09. The van der Waals surface area contributed by atoms with E-state index in [2.05, 4.69) is 122 Å². The second kappa shape index (κ2) is 12.2. The van der Waals surface area contributed by atoms with E-state index in [0.717, 1.165) is 22.7 Å². The first-order valence-corrected chi connectivity index (χ1v) is 11.6. The van der Waals surface area contributed by atoms with Crippen molar-refractivity contribution in [3.63, 3.8) is 0 Å². The SMILES string of the molecule is C=CC(=CC=C(C)c1ccccc1)N(C(C=CC)=CC(=C)C)c1ccc(-c2ccccc2)cc1. The average molecular weight is 444 g/mol. The molecule has 0 heterocycles. The van der Waals surface area contributed by atoms with Gasteiger partial charge in [0.15, 0.2) is 0 Å². The van der Waals surface area contributed by atoms with Crippen LogP contribution in [0.1, 0.15) is 26.3 Å². The molecular formula is C33H33N. The van der Waals surface area contributed by atoms with Crippen molar-refractivity contribution >= 4 is 11.3 Å². The van der Waals surface area contributed by atoms with E-state index >= 15 is 0 Å². The molecule has 0 atom stereocenters. The van der Waals surface area contributed by atoms with Crippen molar-refractivity contribution in [3.8, 4) is 11.1 Å². The van der Waals surface area contributed by atoms with Gasteiger partial charge in [0, 0.05) is 17.1 Å². The van der Waals surface area contributed by atoms with Gasteiger partial charge in [-0.2, -0.15) is 0 Å². The normalized spacial score (nSPS) is 12.6. The maximum Gasteiger partial charge on any atom is 0.0462 e. The zero-order valence-corrected chi connectivity index (χ0v) is 20.4. The van der Waals surface area contributed by atoms with Gasteiger partial charge in [0.2, 0.25) is 0 Å². The van der Waals surface area contributed by atoms with E-state index in [1.807, 2.05) is 38.1 Å². The van der Waals surface area contributed by atoms with Crippen LogP contribution in [-0.2, 0) is 0 Å². The van der Waals surface area contributed by atoms with Crippen molar-refractivity contribution in [2.45, 2.75) is 20.8 Å². The Kier molecular flexibility index (Phi) is 8.82. The molecule has 0 amide bonds. The molecule has 0 radical (unpaired) electrons. The van der Waals surface area contributed by atoms with Gasteiger partial charge in [0.25, 0.3) is 0 Å². The zero-order chi connectivity index (χ0) is 24.3. The number of hydrogen-bond donors (Lipinski definition) is 0. The lowest BCUT2D eigenvalue weighted by atomic mass is 10.0. The lowest BCUT2D eigenvalue weighted by Crippen LogP contribution is -2.20. The predicted molar refractivity (Wildman–Crippen MR) is 150 cm³/mol. The molecule has 34 heavy (non-hydrogen) atoms. The summed E-state index contributed by atoms with van der Waals surface area (Å²) >= 11 is 0. The Morgan fingerprint density at radius 3 is 1.88 bits per heavy atom. The second-order valence-corrected chi connectivity index (χ2v) is 8.18. The smallest absolute Gasteiger partial charge is 0.0462 e. The van der Waals surface area contributed by atoms with Crippen LogP contribution in [0.4, 0.5) is 5.69 Å². The van der Waals surface area contributed by atoms with Crippen LogP contribution in [0.25, 0.3) is 16.7 Å². The molecule has 0 aliphatic rings. The summed E-state index contributed by atoms with van der Waals surface area (Å²) in [5, 5.41) is 0. The van der Waals surface area contributed by atoms with Gasteiger partial charge >= 0.3 is 0 Å². The molecule has 1 nitrogen and oxygen atoms in total. The van der Waals surface area contributed by atoms with Crippen molar-refractivity contribution in [1.82, 2.24) is 0 Å². The van der Waals surface area contributed by atoms with Crippen LogP contribution in [0.2, 0.25) is 0 Å². The maximum atomic E-state index is 4.13. The molecule has 0 aliphatic heterocycles. The Morgan fingerprint density at radius 1 is 0.735 bits per heavy atom. The molecule has 0 aromatic heterocycles. The van der Waals surface area contributed by atoms with E-state index < -0.39 is 0 Å². The largest absolute Gasteiger partial charge is 0.311 e. The van der Waals surface area contributed by atoms with E-state index in [-0.39, 0.29) is 0 Å². The van der Waals surface area contributed by atoms with Crippen molar-refractivity contribution in [2.75, 3.05) is 4.90 Å². The third-order valence-corrected chi connectivity index (χ3v) is 5.42. The first-order valence-electron chi connectivity index (χ1n) is 11.6. The number of rotatable bonds is 9. The van der Waals surface area contributed by atoms with E-state index in [1.54, 1.807) is 0 Å². The first kappa shape index (κ1) is 24.5. The molecular weight excluding hydrogens is 410 g/mol. The molecule has 3 aromatic carbocycles. The summed E-state index contributed by atoms with van der Waals surface area (Å²) in [6.07, 6.45) is 12.4. The third kappa shape index (κ3) is 6.46. The number of allylic oxidation sites excluding steroid dienone is 8. The minimum atomic E-state index is 0.980. The van der Waals surface area contributed by atoms with Crippen LogP contribution in [0.15, 0.2) is 152 Å². The summed E-state index contributed by atoms with van der Waals surface area (Å²) < 4.78 is 0. The fourth-order valence-corrected chi connectivity index (χ4v) is 3.73. The van der Waals surface area contributed by atoms with Gasteiger partial charge in [0.05, 0.1) is 0 Å². The maximum absolute atomic E-state index is 4.13. The Hall–Kier alpha value is -4.10. The molecule has 3 aromatic rings. The van der Waals surface area contributed by atoms with E-state index in [1.165, 1.54) is 22.3 Å². The molecule has 3 rings (SSSR count). The molecule has 0 bridgehead atoms.